The van der Waals surface area contributed by atoms with Crippen LogP contribution < -0.4 is 10.6 Å². The molecule has 1 heterocycles. The van der Waals surface area contributed by atoms with Crippen molar-refractivity contribution in [2.75, 3.05) is 10.6 Å². The van der Waals surface area contributed by atoms with Crippen molar-refractivity contribution in [2.24, 2.45) is 0 Å². The van der Waals surface area contributed by atoms with Crippen LogP contribution >= 0.6 is 11.3 Å². The van der Waals surface area contributed by atoms with Crippen LogP contribution in [0.3, 0.4) is 0 Å². The molecule has 1 aromatic heterocycles. The summed E-state index contributed by atoms with van der Waals surface area (Å²) < 4.78 is 0. The highest BCUT2D eigenvalue weighted by atomic mass is 32.1. The number of rotatable bonds is 4. The van der Waals surface area contributed by atoms with Crippen molar-refractivity contribution in [2.45, 2.75) is 0 Å². The Labute approximate surface area is 119 Å². The lowest BCUT2D eigenvalue weighted by Crippen LogP contribution is -2.14. The first-order chi connectivity index (χ1) is 9.69. The van der Waals surface area contributed by atoms with E-state index < -0.39 is 5.91 Å². The predicted octanol–water partition coefficient (Wildman–Crippen LogP) is 2.31. The standard InChI is InChI=1S/C13H10N4O2S/c14-7-9(8-16-13-15-4-5-20-13)12(19)17-10-2-1-3-11(18)6-10/h1-6,8,18H,(H,15,16)(H,17,19)/b9-8-. The molecule has 0 aliphatic heterocycles. The Hall–Kier alpha value is -2.85. The second-order valence-electron chi connectivity index (χ2n) is 3.66. The monoisotopic (exact) mass is 286 g/mol. The summed E-state index contributed by atoms with van der Waals surface area (Å²) in [6, 6.07) is 7.88. The summed E-state index contributed by atoms with van der Waals surface area (Å²) >= 11 is 1.35. The topological polar surface area (TPSA) is 98.0 Å². The number of aromatic hydroxyl groups is 1. The quantitative estimate of drug-likeness (QED) is 0.592. The molecule has 0 saturated heterocycles. The highest BCUT2D eigenvalue weighted by Crippen LogP contribution is 2.16. The highest BCUT2D eigenvalue weighted by Gasteiger charge is 2.09. The fourth-order valence-corrected chi connectivity index (χ4v) is 1.86. The van der Waals surface area contributed by atoms with Crippen LogP contribution in [0, 0.1) is 11.3 Å². The average molecular weight is 286 g/mol. The molecule has 100 valence electrons. The zero-order chi connectivity index (χ0) is 14.4. The van der Waals surface area contributed by atoms with Gasteiger partial charge in [-0.05, 0) is 12.1 Å². The molecule has 0 atom stereocenters. The van der Waals surface area contributed by atoms with Crippen molar-refractivity contribution in [1.29, 1.82) is 5.26 Å². The summed E-state index contributed by atoms with van der Waals surface area (Å²) in [5, 5.41) is 25.9. The summed E-state index contributed by atoms with van der Waals surface area (Å²) in [6.45, 7) is 0. The maximum absolute atomic E-state index is 11.9. The number of amides is 1. The van der Waals surface area contributed by atoms with E-state index in [1.165, 1.54) is 29.7 Å². The van der Waals surface area contributed by atoms with Crippen LogP contribution in [-0.4, -0.2) is 16.0 Å². The van der Waals surface area contributed by atoms with Crippen molar-refractivity contribution in [3.8, 4) is 11.8 Å². The molecule has 2 aromatic rings. The number of anilines is 2. The number of phenols is 1. The number of carbonyl (C=O) groups excluding carboxylic acids is 1. The lowest BCUT2D eigenvalue weighted by Gasteiger charge is -2.04. The Bertz CT molecular complexity index is 674. The first-order valence-corrected chi connectivity index (χ1v) is 6.43. The third-order valence-corrected chi connectivity index (χ3v) is 2.95. The number of benzene rings is 1. The summed E-state index contributed by atoms with van der Waals surface area (Å²) in [5.74, 6) is -0.534. The fraction of sp³-hybridized carbons (Fsp3) is 0. The Kier molecular flexibility index (Phi) is 4.32. The normalized spacial score (nSPS) is 10.7. The Morgan fingerprint density at radius 3 is 3.00 bits per heavy atom. The Morgan fingerprint density at radius 1 is 1.50 bits per heavy atom. The van der Waals surface area contributed by atoms with E-state index in [0.717, 1.165) is 0 Å². The maximum Gasteiger partial charge on any atom is 0.267 e. The van der Waals surface area contributed by atoms with Crippen molar-refractivity contribution in [3.63, 3.8) is 0 Å². The molecule has 0 aliphatic rings. The molecule has 0 spiro atoms. The Balaban J connectivity index is 2.06. The van der Waals surface area contributed by atoms with E-state index in [0.29, 0.717) is 10.8 Å². The lowest BCUT2D eigenvalue weighted by molar-refractivity contribution is -0.112. The molecule has 0 saturated carbocycles. The molecule has 0 radical (unpaired) electrons. The number of nitriles is 1. The van der Waals surface area contributed by atoms with Crippen molar-refractivity contribution in [3.05, 3.63) is 47.6 Å². The minimum Gasteiger partial charge on any atom is -0.508 e. The molecule has 7 heteroatoms. The first-order valence-electron chi connectivity index (χ1n) is 5.56. The van der Waals surface area contributed by atoms with Crippen LogP contribution in [0.4, 0.5) is 10.8 Å². The fourth-order valence-electron chi connectivity index (χ4n) is 1.36. The molecular formula is C13H10N4O2S. The number of aromatic nitrogens is 1. The number of carbonyl (C=O) groups is 1. The molecule has 0 fully saturated rings. The molecule has 20 heavy (non-hydrogen) atoms. The van der Waals surface area contributed by atoms with Crippen LogP contribution in [-0.2, 0) is 4.79 Å². The summed E-state index contributed by atoms with van der Waals surface area (Å²) in [4.78, 5) is 15.8. The van der Waals surface area contributed by atoms with Gasteiger partial charge in [-0.25, -0.2) is 4.98 Å². The summed E-state index contributed by atoms with van der Waals surface area (Å²) in [6.07, 6.45) is 2.90. The van der Waals surface area contributed by atoms with Gasteiger partial charge in [-0.15, -0.1) is 11.3 Å². The largest absolute Gasteiger partial charge is 0.508 e. The van der Waals surface area contributed by atoms with Gasteiger partial charge >= 0.3 is 0 Å². The van der Waals surface area contributed by atoms with Gasteiger partial charge in [-0.2, -0.15) is 5.26 Å². The van der Waals surface area contributed by atoms with E-state index >= 15 is 0 Å². The van der Waals surface area contributed by atoms with Gasteiger partial charge in [-0.3, -0.25) is 4.79 Å². The van der Waals surface area contributed by atoms with E-state index in [2.05, 4.69) is 15.6 Å². The Morgan fingerprint density at radius 2 is 2.35 bits per heavy atom. The van der Waals surface area contributed by atoms with Crippen LogP contribution in [0.15, 0.2) is 47.6 Å². The molecule has 0 aliphatic carbocycles. The first kappa shape index (κ1) is 13.6. The molecule has 6 nitrogen and oxygen atoms in total. The number of nitrogens with zero attached hydrogens (tertiary/aromatic N) is 2. The zero-order valence-corrected chi connectivity index (χ0v) is 11.0. The minimum atomic E-state index is -0.567. The van der Waals surface area contributed by atoms with E-state index in [9.17, 15) is 9.90 Å². The second-order valence-corrected chi connectivity index (χ2v) is 4.55. The molecule has 3 N–H and O–H groups in total. The number of phenolic OH excluding ortho intramolecular Hbond substituents is 1. The van der Waals surface area contributed by atoms with Gasteiger partial charge in [0.1, 0.15) is 17.4 Å². The van der Waals surface area contributed by atoms with Crippen LogP contribution in [0.5, 0.6) is 5.75 Å². The molecule has 2 rings (SSSR count). The zero-order valence-electron chi connectivity index (χ0n) is 10.2. The van der Waals surface area contributed by atoms with E-state index in [4.69, 9.17) is 5.26 Å². The minimum absolute atomic E-state index is 0.0335. The number of thiazole rings is 1. The van der Waals surface area contributed by atoms with Gasteiger partial charge in [0.25, 0.3) is 5.91 Å². The SMILES string of the molecule is N#C/C(=C/Nc1nccs1)C(=O)Nc1cccc(O)c1. The molecule has 0 bridgehead atoms. The van der Waals surface area contributed by atoms with Crippen molar-refractivity contribution < 1.29 is 9.90 Å². The third kappa shape index (κ3) is 3.57. The lowest BCUT2D eigenvalue weighted by atomic mass is 10.2. The average Bonchev–Trinajstić information content (AvgIpc) is 2.92. The van der Waals surface area contributed by atoms with Crippen molar-refractivity contribution in [1.82, 2.24) is 4.98 Å². The molecule has 0 unspecified atom stereocenters. The molecule has 1 amide bonds. The third-order valence-electron chi connectivity index (χ3n) is 2.24. The smallest absolute Gasteiger partial charge is 0.267 e. The highest BCUT2D eigenvalue weighted by molar-refractivity contribution is 7.13. The van der Waals surface area contributed by atoms with Crippen LogP contribution in [0.25, 0.3) is 0 Å². The maximum atomic E-state index is 11.9. The summed E-state index contributed by atoms with van der Waals surface area (Å²) in [7, 11) is 0. The second kappa shape index (κ2) is 6.36. The van der Waals surface area contributed by atoms with Gasteiger partial charge in [0, 0.05) is 29.5 Å². The van der Waals surface area contributed by atoms with Crippen LogP contribution in [0.1, 0.15) is 0 Å². The van der Waals surface area contributed by atoms with Crippen LogP contribution in [0.2, 0.25) is 0 Å². The van der Waals surface area contributed by atoms with Gasteiger partial charge in [0.15, 0.2) is 5.13 Å². The number of hydrogen-bond acceptors (Lipinski definition) is 6. The number of hydrogen-bond donors (Lipinski definition) is 3. The van der Waals surface area contributed by atoms with E-state index in [1.54, 1.807) is 29.8 Å². The predicted molar refractivity (Wildman–Crippen MR) is 76.2 cm³/mol. The van der Waals surface area contributed by atoms with Gasteiger partial charge < -0.3 is 15.7 Å². The van der Waals surface area contributed by atoms with Crippen molar-refractivity contribution >= 4 is 28.1 Å². The van der Waals surface area contributed by atoms with E-state index in [1.807, 2.05) is 0 Å². The number of nitrogens with one attached hydrogen (secondary N) is 2. The molecule has 1 aromatic carbocycles. The summed E-state index contributed by atoms with van der Waals surface area (Å²) in [5.41, 5.74) is 0.314. The van der Waals surface area contributed by atoms with Gasteiger partial charge in [0.2, 0.25) is 0 Å². The molecular weight excluding hydrogens is 276 g/mol. The van der Waals surface area contributed by atoms with E-state index in [-0.39, 0.29) is 11.3 Å². The van der Waals surface area contributed by atoms with Gasteiger partial charge in [-0.1, -0.05) is 6.07 Å². The van der Waals surface area contributed by atoms with Gasteiger partial charge in [0.05, 0.1) is 0 Å².